The second-order valence-corrected chi connectivity index (χ2v) is 5.48. The number of fused-ring (bicyclic) bond motifs is 1. The zero-order valence-corrected chi connectivity index (χ0v) is 11.7. The van der Waals surface area contributed by atoms with Gasteiger partial charge in [-0.2, -0.15) is 0 Å². The Balaban J connectivity index is 2.16. The number of hydrogen-bond donors (Lipinski definition) is 0. The highest BCUT2D eigenvalue weighted by molar-refractivity contribution is 5.98. The van der Waals surface area contributed by atoms with Crippen molar-refractivity contribution in [1.82, 2.24) is 0 Å². The van der Waals surface area contributed by atoms with Crippen LogP contribution >= 0.6 is 0 Å². The van der Waals surface area contributed by atoms with Gasteiger partial charge in [0.25, 0.3) is 0 Å². The molecule has 0 unspecified atom stereocenters. The van der Waals surface area contributed by atoms with Crippen LogP contribution in [-0.4, -0.2) is 5.78 Å². The van der Waals surface area contributed by atoms with Gasteiger partial charge < -0.3 is 0 Å². The van der Waals surface area contributed by atoms with Crippen molar-refractivity contribution in [2.75, 3.05) is 0 Å². The van der Waals surface area contributed by atoms with Gasteiger partial charge in [0.15, 0.2) is 5.78 Å². The van der Waals surface area contributed by atoms with Crippen molar-refractivity contribution in [3.63, 3.8) is 0 Å². The van der Waals surface area contributed by atoms with Crippen LogP contribution in [0.5, 0.6) is 0 Å². The summed E-state index contributed by atoms with van der Waals surface area (Å²) in [6, 6.07) is 6.37. The summed E-state index contributed by atoms with van der Waals surface area (Å²) >= 11 is 0. The molecule has 0 amide bonds. The Labute approximate surface area is 111 Å². The molecule has 2 rings (SSSR count). The van der Waals surface area contributed by atoms with Crippen LogP contribution in [0.3, 0.4) is 0 Å². The fourth-order valence-electron chi connectivity index (χ4n) is 3.06. The molecule has 1 heteroatoms. The van der Waals surface area contributed by atoms with Crippen LogP contribution < -0.4 is 0 Å². The first-order chi connectivity index (χ1) is 8.76. The Hall–Kier alpha value is -1.11. The molecule has 1 aliphatic rings. The van der Waals surface area contributed by atoms with Crippen LogP contribution in [0, 0.1) is 5.92 Å². The lowest BCUT2D eigenvalue weighted by Crippen LogP contribution is -2.15. The maximum atomic E-state index is 12.5. The first-order valence-electron chi connectivity index (χ1n) is 7.42. The van der Waals surface area contributed by atoms with Crippen LogP contribution in [0.4, 0.5) is 0 Å². The van der Waals surface area contributed by atoms with Gasteiger partial charge in [0, 0.05) is 11.5 Å². The SMILES string of the molecule is CCCC(CCC)C(=O)c1ccc2c(c1)CCC2. The summed E-state index contributed by atoms with van der Waals surface area (Å²) in [5, 5.41) is 0. The van der Waals surface area contributed by atoms with Crippen molar-refractivity contribution in [2.45, 2.75) is 58.8 Å². The van der Waals surface area contributed by atoms with Crippen molar-refractivity contribution >= 4 is 5.78 Å². The number of Topliss-reactive ketones (excluding diaryl/α,β-unsaturated/α-hetero) is 1. The van der Waals surface area contributed by atoms with Crippen LogP contribution in [0.25, 0.3) is 0 Å². The molecule has 0 aromatic heterocycles. The smallest absolute Gasteiger partial charge is 0.165 e. The first kappa shape index (κ1) is 13.3. The molecule has 0 spiro atoms. The molecule has 0 saturated heterocycles. The molecule has 1 nitrogen and oxygen atoms in total. The van der Waals surface area contributed by atoms with Gasteiger partial charge >= 0.3 is 0 Å². The Morgan fingerprint density at radius 3 is 2.44 bits per heavy atom. The first-order valence-corrected chi connectivity index (χ1v) is 7.42. The average molecular weight is 244 g/mol. The highest BCUT2D eigenvalue weighted by atomic mass is 16.1. The van der Waals surface area contributed by atoms with E-state index in [9.17, 15) is 4.79 Å². The van der Waals surface area contributed by atoms with E-state index in [1.54, 1.807) is 0 Å². The van der Waals surface area contributed by atoms with E-state index >= 15 is 0 Å². The second-order valence-electron chi connectivity index (χ2n) is 5.48. The van der Waals surface area contributed by atoms with E-state index < -0.39 is 0 Å². The van der Waals surface area contributed by atoms with Gasteiger partial charge in [-0.25, -0.2) is 0 Å². The predicted molar refractivity (Wildman–Crippen MR) is 76.1 cm³/mol. The molecule has 0 atom stereocenters. The van der Waals surface area contributed by atoms with Crippen molar-refractivity contribution < 1.29 is 4.79 Å². The maximum Gasteiger partial charge on any atom is 0.165 e. The zero-order chi connectivity index (χ0) is 13.0. The van der Waals surface area contributed by atoms with E-state index in [-0.39, 0.29) is 5.92 Å². The van der Waals surface area contributed by atoms with Crippen molar-refractivity contribution in [3.05, 3.63) is 34.9 Å². The Morgan fingerprint density at radius 2 is 1.78 bits per heavy atom. The van der Waals surface area contributed by atoms with E-state index in [0.29, 0.717) is 5.78 Å². The second kappa shape index (κ2) is 6.17. The summed E-state index contributed by atoms with van der Waals surface area (Å²) in [7, 11) is 0. The number of benzene rings is 1. The van der Waals surface area contributed by atoms with Gasteiger partial charge in [-0.3, -0.25) is 4.79 Å². The minimum Gasteiger partial charge on any atom is -0.294 e. The van der Waals surface area contributed by atoms with Gasteiger partial charge in [0.2, 0.25) is 0 Å². The Kier molecular flexibility index (Phi) is 4.57. The summed E-state index contributed by atoms with van der Waals surface area (Å²) in [5.74, 6) is 0.604. The van der Waals surface area contributed by atoms with Crippen molar-refractivity contribution in [2.24, 2.45) is 5.92 Å². The van der Waals surface area contributed by atoms with Crippen LogP contribution in [0.2, 0.25) is 0 Å². The van der Waals surface area contributed by atoms with Gasteiger partial charge in [-0.15, -0.1) is 0 Å². The van der Waals surface area contributed by atoms with E-state index in [1.165, 1.54) is 24.0 Å². The van der Waals surface area contributed by atoms with Crippen molar-refractivity contribution in [3.8, 4) is 0 Å². The highest BCUT2D eigenvalue weighted by Gasteiger charge is 2.20. The summed E-state index contributed by atoms with van der Waals surface area (Å²) in [6.45, 7) is 4.33. The fourth-order valence-corrected chi connectivity index (χ4v) is 3.06. The van der Waals surface area contributed by atoms with E-state index in [0.717, 1.165) is 37.7 Å². The molecule has 0 heterocycles. The maximum absolute atomic E-state index is 12.5. The largest absolute Gasteiger partial charge is 0.294 e. The van der Waals surface area contributed by atoms with E-state index in [2.05, 4.69) is 26.0 Å². The fraction of sp³-hybridized carbons (Fsp3) is 0.588. The summed E-state index contributed by atoms with van der Waals surface area (Å²) in [4.78, 5) is 12.5. The molecule has 0 bridgehead atoms. The average Bonchev–Trinajstić information content (AvgIpc) is 2.84. The van der Waals surface area contributed by atoms with E-state index in [1.807, 2.05) is 6.07 Å². The number of aryl methyl sites for hydroxylation is 2. The van der Waals surface area contributed by atoms with Gasteiger partial charge in [0.1, 0.15) is 0 Å². The zero-order valence-electron chi connectivity index (χ0n) is 11.7. The van der Waals surface area contributed by atoms with Gasteiger partial charge in [-0.05, 0) is 49.3 Å². The Bertz CT molecular complexity index is 414. The summed E-state index contributed by atoms with van der Waals surface area (Å²) < 4.78 is 0. The number of carbonyl (C=O) groups excluding carboxylic acids is 1. The third-order valence-corrected chi connectivity index (χ3v) is 4.03. The number of carbonyl (C=O) groups is 1. The third-order valence-electron chi connectivity index (χ3n) is 4.03. The molecule has 0 saturated carbocycles. The summed E-state index contributed by atoms with van der Waals surface area (Å²) in [6.07, 6.45) is 7.86. The normalized spacial score (nSPS) is 13.9. The molecule has 0 fully saturated rings. The molecule has 0 N–H and O–H groups in total. The molecule has 0 radical (unpaired) electrons. The van der Waals surface area contributed by atoms with Crippen molar-refractivity contribution in [1.29, 1.82) is 0 Å². The molecule has 0 aliphatic heterocycles. The molecule has 18 heavy (non-hydrogen) atoms. The minimum atomic E-state index is 0.236. The van der Waals surface area contributed by atoms with Crippen LogP contribution in [-0.2, 0) is 12.8 Å². The quantitative estimate of drug-likeness (QED) is 0.670. The number of ketones is 1. The third kappa shape index (κ3) is 2.82. The molecule has 98 valence electrons. The Morgan fingerprint density at radius 1 is 1.11 bits per heavy atom. The molecular formula is C17H24O. The lowest BCUT2D eigenvalue weighted by molar-refractivity contribution is 0.0905. The highest BCUT2D eigenvalue weighted by Crippen LogP contribution is 2.26. The lowest BCUT2D eigenvalue weighted by Gasteiger charge is -2.14. The minimum absolute atomic E-state index is 0.236. The number of rotatable bonds is 6. The summed E-state index contributed by atoms with van der Waals surface area (Å²) in [5.41, 5.74) is 3.81. The molecule has 1 aliphatic carbocycles. The molecule has 1 aromatic carbocycles. The predicted octanol–water partition coefficient (Wildman–Crippen LogP) is 4.57. The molecular weight excluding hydrogens is 220 g/mol. The molecule has 1 aromatic rings. The van der Waals surface area contributed by atoms with E-state index in [4.69, 9.17) is 0 Å². The monoisotopic (exact) mass is 244 g/mol. The topological polar surface area (TPSA) is 17.1 Å². The standard InChI is InChI=1S/C17H24O/c1-3-6-14(7-4-2)17(18)16-11-10-13-8-5-9-15(13)12-16/h10-12,14H,3-9H2,1-2H3. The van der Waals surface area contributed by atoms with Gasteiger partial charge in [0.05, 0.1) is 0 Å². The number of hydrogen-bond acceptors (Lipinski definition) is 1. The van der Waals surface area contributed by atoms with Crippen LogP contribution in [0.1, 0.15) is 67.4 Å². The lowest BCUT2D eigenvalue weighted by atomic mass is 9.89. The van der Waals surface area contributed by atoms with Gasteiger partial charge in [-0.1, -0.05) is 38.8 Å². The van der Waals surface area contributed by atoms with Crippen LogP contribution in [0.15, 0.2) is 18.2 Å².